The molecule has 1 N–H and O–H groups in total. The molecule has 1 saturated heterocycles. The minimum Gasteiger partial charge on any atom is -0.497 e. The summed E-state index contributed by atoms with van der Waals surface area (Å²) in [6.45, 7) is 2.86. The second kappa shape index (κ2) is 13.4. The maximum absolute atomic E-state index is 15.5. The quantitative estimate of drug-likeness (QED) is 0.299. The largest absolute Gasteiger partial charge is 0.497 e. The van der Waals surface area contributed by atoms with E-state index in [0.717, 1.165) is 68.3 Å². The van der Waals surface area contributed by atoms with Crippen molar-refractivity contribution in [3.8, 4) is 5.75 Å². The standard InChI is InChI=1S/C29H37FN4O3/c1-37-24-7-9-28-26(18-24)25(12-15-32-28)27(30)8-5-21-13-17-34(19-22(21)6-10-29(35)36)16-3-2-4-23-11-14-31-20-33-23/h7,9,11-12,14-15,18,20-22,27H,2-6,8,10,13,16-17,19H2,1H3,(H,35,36)/t21?,22?,27-/m0/s1. The Hall–Kier alpha value is -3.13. The first-order valence-corrected chi connectivity index (χ1v) is 13.3. The van der Waals surface area contributed by atoms with Gasteiger partial charge in [-0.3, -0.25) is 9.78 Å². The number of halogens is 1. The highest BCUT2D eigenvalue weighted by molar-refractivity contribution is 5.83. The van der Waals surface area contributed by atoms with Gasteiger partial charge in [0.05, 0.1) is 12.6 Å². The average Bonchev–Trinajstić information content (AvgIpc) is 2.93. The number of pyridine rings is 1. The number of benzene rings is 1. The molecule has 3 aromatic rings. The van der Waals surface area contributed by atoms with E-state index in [2.05, 4.69) is 19.9 Å². The SMILES string of the molecule is COc1ccc2nccc([C@@H](F)CCC3CCN(CCCCc4ccncn4)CC3CCC(=O)O)c2c1. The van der Waals surface area contributed by atoms with E-state index >= 15 is 4.39 Å². The van der Waals surface area contributed by atoms with Crippen LogP contribution >= 0.6 is 0 Å². The maximum atomic E-state index is 15.5. The summed E-state index contributed by atoms with van der Waals surface area (Å²) < 4.78 is 20.9. The van der Waals surface area contributed by atoms with E-state index < -0.39 is 12.1 Å². The molecule has 1 aliphatic heterocycles. The number of carbonyl (C=O) groups is 1. The van der Waals surface area contributed by atoms with Gasteiger partial charge < -0.3 is 14.7 Å². The van der Waals surface area contributed by atoms with Crippen LogP contribution in [0.3, 0.4) is 0 Å². The highest BCUT2D eigenvalue weighted by Crippen LogP contribution is 2.36. The fourth-order valence-corrected chi connectivity index (χ4v) is 5.55. The lowest BCUT2D eigenvalue weighted by molar-refractivity contribution is -0.137. The molecule has 0 aliphatic carbocycles. The lowest BCUT2D eigenvalue weighted by Crippen LogP contribution is -2.41. The number of carboxylic acid groups (broad SMARTS) is 1. The molecule has 198 valence electrons. The van der Waals surface area contributed by atoms with E-state index in [-0.39, 0.29) is 12.3 Å². The normalized spacial score (nSPS) is 19.1. The molecule has 7 nitrogen and oxygen atoms in total. The number of carboxylic acids is 1. The lowest BCUT2D eigenvalue weighted by Gasteiger charge is -2.39. The summed E-state index contributed by atoms with van der Waals surface area (Å²) in [6, 6.07) is 9.26. The molecule has 8 heteroatoms. The van der Waals surface area contributed by atoms with E-state index in [1.165, 1.54) is 0 Å². The van der Waals surface area contributed by atoms with Gasteiger partial charge in [0.15, 0.2) is 0 Å². The van der Waals surface area contributed by atoms with Crippen LogP contribution in [0.4, 0.5) is 4.39 Å². The summed E-state index contributed by atoms with van der Waals surface area (Å²) in [7, 11) is 1.60. The molecule has 3 atom stereocenters. The Morgan fingerprint density at radius 1 is 1.16 bits per heavy atom. The van der Waals surface area contributed by atoms with Gasteiger partial charge in [0.1, 0.15) is 18.2 Å². The molecule has 1 aliphatic rings. The number of unbranched alkanes of at least 4 members (excludes halogenated alkanes) is 1. The van der Waals surface area contributed by atoms with Crippen molar-refractivity contribution in [3.05, 3.63) is 60.3 Å². The second-order valence-corrected chi connectivity index (χ2v) is 10.0. The lowest BCUT2D eigenvalue weighted by atomic mass is 9.79. The van der Waals surface area contributed by atoms with Crippen molar-refractivity contribution >= 4 is 16.9 Å². The first-order chi connectivity index (χ1) is 18.0. The molecule has 0 saturated carbocycles. The van der Waals surface area contributed by atoms with Gasteiger partial charge in [-0.2, -0.15) is 0 Å². The number of methoxy groups -OCH3 is 1. The Balaban J connectivity index is 1.32. The number of rotatable bonds is 13. The number of aromatic nitrogens is 3. The first kappa shape index (κ1) is 26.9. The van der Waals surface area contributed by atoms with Gasteiger partial charge in [0, 0.05) is 36.4 Å². The molecule has 0 radical (unpaired) electrons. The molecular formula is C29H37FN4O3. The zero-order valence-corrected chi connectivity index (χ0v) is 21.6. The molecular weight excluding hydrogens is 471 g/mol. The third-order valence-electron chi connectivity index (χ3n) is 7.62. The predicted octanol–water partition coefficient (Wildman–Crippen LogP) is 5.65. The summed E-state index contributed by atoms with van der Waals surface area (Å²) in [5.74, 6) is 0.527. The minimum absolute atomic E-state index is 0.163. The van der Waals surface area contributed by atoms with Gasteiger partial charge in [-0.1, -0.05) is 0 Å². The summed E-state index contributed by atoms with van der Waals surface area (Å²) in [5.41, 5.74) is 2.47. The van der Waals surface area contributed by atoms with Gasteiger partial charge >= 0.3 is 5.97 Å². The number of alkyl halides is 1. The molecule has 3 heterocycles. The van der Waals surface area contributed by atoms with Gasteiger partial charge in [-0.25, -0.2) is 14.4 Å². The fraction of sp³-hybridized carbons (Fsp3) is 0.517. The Labute approximate surface area is 218 Å². The minimum atomic E-state index is -1.10. The van der Waals surface area contributed by atoms with Gasteiger partial charge in [-0.05, 0) is 106 Å². The number of aliphatic carboxylic acids is 1. The van der Waals surface area contributed by atoms with Crippen LogP contribution in [0.2, 0.25) is 0 Å². The third-order valence-corrected chi connectivity index (χ3v) is 7.62. The van der Waals surface area contributed by atoms with Crippen LogP contribution in [0.1, 0.15) is 62.4 Å². The molecule has 2 aromatic heterocycles. The predicted molar refractivity (Wildman–Crippen MR) is 141 cm³/mol. The van der Waals surface area contributed by atoms with Crippen molar-refractivity contribution in [1.29, 1.82) is 0 Å². The third kappa shape index (κ3) is 7.68. The molecule has 1 aromatic carbocycles. The van der Waals surface area contributed by atoms with Gasteiger partial charge in [0.25, 0.3) is 0 Å². The van der Waals surface area contributed by atoms with E-state index in [1.54, 1.807) is 31.9 Å². The Bertz CT molecular complexity index is 1150. The van der Waals surface area contributed by atoms with Crippen LogP contribution in [0.5, 0.6) is 5.75 Å². The summed E-state index contributed by atoms with van der Waals surface area (Å²) in [4.78, 5) is 26.4. The summed E-state index contributed by atoms with van der Waals surface area (Å²) in [6.07, 6.45) is 9.95. The molecule has 0 bridgehead atoms. The molecule has 37 heavy (non-hydrogen) atoms. The number of aryl methyl sites for hydroxylation is 1. The number of ether oxygens (including phenoxy) is 1. The van der Waals surface area contributed by atoms with Gasteiger partial charge in [-0.15, -0.1) is 0 Å². The van der Waals surface area contributed by atoms with E-state index in [4.69, 9.17) is 4.74 Å². The highest BCUT2D eigenvalue weighted by Gasteiger charge is 2.30. The van der Waals surface area contributed by atoms with Crippen LogP contribution in [0.25, 0.3) is 10.9 Å². The number of piperidine rings is 1. The van der Waals surface area contributed by atoms with Crippen molar-refractivity contribution in [2.24, 2.45) is 11.8 Å². The average molecular weight is 509 g/mol. The zero-order valence-electron chi connectivity index (χ0n) is 21.6. The summed E-state index contributed by atoms with van der Waals surface area (Å²) in [5, 5.41) is 10.1. The van der Waals surface area contributed by atoms with E-state index in [0.29, 0.717) is 30.1 Å². The highest BCUT2D eigenvalue weighted by atomic mass is 19.1. The smallest absolute Gasteiger partial charge is 0.303 e. The number of nitrogens with zero attached hydrogens (tertiary/aromatic N) is 4. The van der Waals surface area contributed by atoms with Crippen LogP contribution in [0.15, 0.2) is 49.1 Å². The fourth-order valence-electron chi connectivity index (χ4n) is 5.55. The molecule has 0 amide bonds. The van der Waals surface area contributed by atoms with E-state index in [1.807, 2.05) is 24.3 Å². The molecule has 2 unspecified atom stereocenters. The molecule has 4 rings (SSSR count). The first-order valence-electron chi connectivity index (χ1n) is 13.3. The van der Waals surface area contributed by atoms with Crippen LogP contribution in [-0.4, -0.2) is 57.7 Å². The van der Waals surface area contributed by atoms with Crippen LogP contribution < -0.4 is 4.74 Å². The number of likely N-dealkylation sites (tertiary alicyclic amines) is 1. The second-order valence-electron chi connectivity index (χ2n) is 10.0. The van der Waals surface area contributed by atoms with Crippen LogP contribution in [0, 0.1) is 11.8 Å². The van der Waals surface area contributed by atoms with Crippen molar-refractivity contribution < 1.29 is 19.0 Å². The van der Waals surface area contributed by atoms with Crippen molar-refractivity contribution in [1.82, 2.24) is 19.9 Å². The molecule has 0 spiro atoms. The maximum Gasteiger partial charge on any atom is 0.303 e. The summed E-state index contributed by atoms with van der Waals surface area (Å²) >= 11 is 0. The number of fused-ring (bicyclic) bond motifs is 1. The van der Waals surface area contributed by atoms with Crippen LogP contribution in [-0.2, 0) is 11.2 Å². The number of hydrogen-bond donors (Lipinski definition) is 1. The Kier molecular flexibility index (Phi) is 9.77. The zero-order chi connectivity index (χ0) is 26.0. The molecule has 1 fully saturated rings. The topological polar surface area (TPSA) is 88.4 Å². The van der Waals surface area contributed by atoms with Crippen molar-refractivity contribution in [2.75, 3.05) is 26.7 Å². The van der Waals surface area contributed by atoms with E-state index in [9.17, 15) is 9.90 Å². The van der Waals surface area contributed by atoms with Crippen molar-refractivity contribution in [2.45, 2.75) is 57.5 Å². The monoisotopic (exact) mass is 508 g/mol. The Morgan fingerprint density at radius 2 is 2.05 bits per heavy atom. The number of hydrogen-bond acceptors (Lipinski definition) is 6. The van der Waals surface area contributed by atoms with Gasteiger partial charge in [0.2, 0.25) is 0 Å². The van der Waals surface area contributed by atoms with Crippen molar-refractivity contribution in [3.63, 3.8) is 0 Å². The Morgan fingerprint density at radius 3 is 2.84 bits per heavy atom.